The van der Waals surface area contributed by atoms with Crippen molar-refractivity contribution in [2.75, 3.05) is 7.11 Å². The van der Waals surface area contributed by atoms with Gasteiger partial charge in [0.2, 0.25) is 5.82 Å². The van der Waals surface area contributed by atoms with E-state index in [9.17, 15) is 17.6 Å². The summed E-state index contributed by atoms with van der Waals surface area (Å²) in [5.74, 6) is -2.96. The summed E-state index contributed by atoms with van der Waals surface area (Å²) in [7, 11) is 1.21. The number of hydrogen-bond donors (Lipinski definition) is 0. The van der Waals surface area contributed by atoms with Gasteiger partial charge in [-0.1, -0.05) is 12.1 Å². The predicted octanol–water partition coefficient (Wildman–Crippen LogP) is 4.39. The number of fused-ring (bicyclic) bond motifs is 3. The number of methoxy groups -OCH3 is 1. The minimum atomic E-state index is -3.95. The van der Waals surface area contributed by atoms with E-state index >= 15 is 0 Å². The van der Waals surface area contributed by atoms with Crippen LogP contribution in [-0.2, 0) is 6.11 Å². The highest BCUT2D eigenvalue weighted by molar-refractivity contribution is 5.77. The molecule has 0 amide bonds. The van der Waals surface area contributed by atoms with Crippen molar-refractivity contribution in [2.24, 2.45) is 0 Å². The van der Waals surface area contributed by atoms with Crippen LogP contribution in [0.2, 0.25) is 0 Å². The Balaban J connectivity index is 2.36. The Labute approximate surface area is 117 Å². The van der Waals surface area contributed by atoms with E-state index < -0.39 is 29.1 Å². The van der Waals surface area contributed by atoms with Gasteiger partial charge in [-0.2, -0.15) is 13.2 Å². The first-order chi connectivity index (χ1) is 9.86. The van der Waals surface area contributed by atoms with Gasteiger partial charge < -0.3 is 9.47 Å². The van der Waals surface area contributed by atoms with Gasteiger partial charge in [-0.15, -0.1) is 0 Å². The first-order valence-electron chi connectivity index (χ1n) is 6.10. The molecule has 0 aliphatic carbocycles. The van der Waals surface area contributed by atoms with Crippen molar-refractivity contribution in [1.82, 2.24) is 0 Å². The smallest absolute Gasteiger partial charge is 0.430 e. The van der Waals surface area contributed by atoms with Gasteiger partial charge in [-0.25, -0.2) is 4.39 Å². The van der Waals surface area contributed by atoms with Gasteiger partial charge in [0.15, 0.2) is 11.5 Å². The quantitative estimate of drug-likeness (QED) is 0.727. The number of ether oxygens (including phenoxy) is 2. The van der Waals surface area contributed by atoms with E-state index in [1.165, 1.54) is 38.3 Å². The molecule has 1 heterocycles. The maximum absolute atomic E-state index is 14.1. The summed E-state index contributed by atoms with van der Waals surface area (Å²) in [6.45, 7) is 1.37. The summed E-state index contributed by atoms with van der Waals surface area (Å²) in [6, 6.07) is 5.33. The second kappa shape index (κ2) is 4.38. The molecule has 0 saturated carbocycles. The number of aryl methyl sites for hydroxylation is 1. The Hall–Kier alpha value is -2.24. The summed E-state index contributed by atoms with van der Waals surface area (Å²) in [5, 5.41) is 0. The molecule has 110 valence electrons. The Morgan fingerprint density at radius 1 is 1.00 bits per heavy atom. The highest BCUT2D eigenvalue weighted by Gasteiger charge is 2.46. The summed E-state index contributed by atoms with van der Waals surface area (Å²) in [6.07, 6.45) is -3.95. The Morgan fingerprint density at radius 3 is 2.33 bits per heavy atom. The molecule has 0 fully saturated rings. The molecule has 0 saturated heterocycles. The van der Waals surface area contributed by atoms with Crippen molar-refractivity contribution in [1.29, 1.82) is 0 Å². The SMILES string of the molecule is COc1ccc2c(c1F)OC(F)(F)c1c-2ccc(C)c1F. The molecule has 1 aliphatic rings. The predicted molar refractivity (Wildman–Crippen MR) is 67.6 cm³/mol. The number of rotatable bonds is 1. The lowest BCUT2D eigenvalue weighted by Crippen LogP contribution is -2.29. The molecule has 3 rings (SSSR count). The van der Waals surface area contributed by atoms with Crippen LogP contribution in [0.1, 0.15) is 11.1 Å². The van der Waals surface area contributed by atoms with Gasteiger partial charge in [0.25, 0.3) is 0 Å². The molecule has 2 aromatic carbocycles. The van der Waals surface area contributed by atoms with Crippen LogP contribution >= 0.6 is 0 Å². The van der Waals surface area contributed by atoms with Gasteiger partial charge in [-0.05, 0) is 24.6 Å². The molecule has 0 bridgehead atoms. The van der Waals surface area contributed by atoms with E-state index in [4.69, 9.17) is 4.74 Å². The van der Waals surface area contributed by atoms with Crippen LogP contribution in [0.3, 0.4) is 0 Å². The minimum absolute atomic E-state index is 0.0631. The van der Waals surface area contributed by atoms with E-state index in [1.54, 1.807) is 0 Å². The van der Waals surface area contributed by atoms with E-state index in [0.717, 1.165) is 0 Å². The van der Waals surface area contributed by atoms with Crippen LogP contribution in [-0.4, -0.2) is 7.11 Å². The fraction of sp³-hybridized carbons (Fsp3) is 0.200. The van der Waals surface area contributed by atoms with Crippen LogP contribution < -0.4 is 9.47 Å². The molecule has 0 atom stereocenters. The number of halogens is 4. The van der Waals surface area contributed by atoms with Crippen LogP contribution in [0.25, 0.3) is 11.1 Å². The lowest BCUT2D eigenvalue weighted by atomic mass is 9.93. The minimum Gasteiger partial charge on any atom is -0.494 e. The Bertz CT molecular complexity index is 741. The van der Waals surface area contributed by atoms with Gasteiger partial charge in [0.1, 0.15) is 11.4 Å². The summed E-state index contributed by atoms with van der Waals surface area (Å²) >= 11 is 0. The molecule has 2 nitrogen and oxygen atoms in total. The second-order valence-electron chi connectivity index (χ2n) is 4.70. The van der Waals surface area contributed by atoms with Gasteiger partial charge in [0, 0.05) is 11.1 Å². The molecule has 0 unspecified atom stereocenters. The van der Waals surface area contributed by atoms with E-state index in [0.29, 0.717) is 0 Å². The molecule has 1 aliphatic heterocycles. The highest BCUT2D eigenvalue weighted by atomic mass is 19.3. The van der Waals surface area contributed by atoms with Crippen LogP contribution in [0.15, 0.2) is 24.3 Å². The maximum Gasteiger partial charge on any atom is 0.430 e. The second-order valence-corrected chi connectivity index (χ2v) is 4.70. The lowest BCUT2D eigenvalue weighted by Gasteiger charge is -2.29. The maximum atomic E-state index is 14.1. The topological polar surface area (TPSA) is 18.5 Å². The summed E-state index contributed by atoms with van der Waals surface area (Å²) in [4.78, 5) is 0. The summed E-state index contributed by atoms with van der Waals surface area (Å²) < 4.78 is 65.4. The molecule has 0 N–H and O–H groups in total. The zero-order valence-electron chi connectivity index (χ0n) is 11.1. The van der Waals surface area contributed by atoms with E-state index in [2.05, 4.69) is 4.74 Å². The largest absolute Gasteiger partial charge is 0.494 e. The third kappa shape index (κ3) is 1.86. The lowest BCUT2D eigenvalue weighted by molar-refractivity contribution is -0.190. The molecular weight excluding hydrogens is 288 g/mol. The fourth-order valence-electron chi connectivity index (χ4n) is 2.38. The molecule has 0 radical (unpaired) electrons. The molecule has 6 heteroatoms. The van der Waals surface area contributed by atoms with Crippen molar-refractivity contribution in [2.45, 2.75) is 13.0 Å². The van der Waals surface area contributed by atoms with Crippen molar-refractivity contribution in [3.05, 3.63) is 47.0 Å². The normalized spacial score (nSPS) is 15.0. The van der Waals surface area contributed by atoms with Crippen molar-refractivity contribution < 1.29 is 27.0 Å². The first kappa shape index (κ1) is 13.7. The van der Waals surface area contributed by atoms with Gasteiger partial charge in [-0.3, -0.25) is 0 Å². The molecule has 0 spiro atoms. The van der Waals surface area contributed by atoms with Crippen molar-refractivity contribution in [3.8, 4) is 22.6 Å². The van der Waals surface area contributed by atoms with E-state index in [-0.39, 0.29) is 22.4 Å². The zero-order chi connectivity index (χ0) is 15.4. The zero-order valence-corrected chi connectivity index (χ0v) is 11.1. The third-order valence-corrected chi connectivity index (χ3v) is 3.43. The van der Waals surface area contributed by atoms with Gasteiger partial charge in [0.05, 0.1) is 7.11 Å². The number of benzene rings is 2. The van der Waals surface area contributed by atoms with Crippen molar-refractivity contribution >= 4 is 0 Å². The van der Waals surface area contributed by atoms with Crippen LogP contribution in [0.4, 0.5) is 17.6 Å². The first-order valence-corrected chi connectivity index (χ1v) is 6.10. The third-order valence-electron chi connectivity index (χ3n) is 3.43. The highest BCUT2D eigenvalue weighted by Crippen LogP contribution is 2.50. The molecule has 0 aromatic heterocycles. The van der Waals surface area contributed by atoms with E-state index in [1.807, 2.05) is 0 Å². The molecular formula is C15H10F4O2. The van der Waals surface area contributed by atoms with Crippen LogP contribution in [0.5, 0.6) is 11.5 Å². The molecule has 2 aromatic rings. The van der Waals surface area contributed by atoms with Crippen molar-refractivity contribution in [3.63, 3.8) is 0 Å². The van der Waals surface area contributed by atoms with Gasteiger partial charge >= 0.3 is 6.11 Å². The monoisotopic (exact) mass is 298 g/mol. The average Bonchev–Trinajstić information content (AvgIpc) is 2.43. The Kier molecular flexibility index (Phi) is 2.86. The van der Waals surface area contributed by atoms with Crippen LogP contribution in [0, 0.1) is 18.6 Å². The average molecular weight is 298 g/mol. The Morgan fingerprint density at radius 2 is 1.67 bits per heavy atom. The molecule has 21 heavy (non-hydrogen) atoms. The number of alkyl halides is 2. The standard InChI is InChI=1S/C15H10F4O2/c1-7-3-4-8-9-5-6-10(20-2)13(17)14(9)21-15(18,19)11(8)12(7)16/h3-6H,1-2H3. The number of hydrogen-bond acceptors (Lipinski definition) is 2. The summed E-state index contributed by atoms with van der Waals surface area (Å²) in [5.41, 5.74) is -0.840. The fourth-order valence-corrected chi connectivity index (χ4v) is 2.38.